The van der Waals surface area contributed by atoms with Crippen molar-refractivity contribution in [2.24, 2.45) is 0 Å². The van der Waals surface area contributed by atoms with E-state index in [1.807, 2.05) is 6.07 Å². The number of hydrogen-bond donors (Lipinski definition) is 3. The van der Waals surface area contributed by atoms with Gasteiger partial charge >= 0.3 is 6.03 Å². The highest BCUT2D eigenvalue weighted by molar-refractivity contribution is 5.84. The van der Waals surface area contributed by atoms with Crippen LogP contribution in [0.1, 0.15) is 36.9 Å². The first kappa shape index (κ1) is 14.0. The van der Waals surface area contributed by atoms with Crippen LogP contribution in [0.4, 0.5) is 4.79 Å². The molecular formula is C17H23N3O. The fourth-order valence-electron chi connectivity index (χ4n) is 3.26. The molecular weight excluding hydrogens is 262 g/mol. The van der Waals surface area contributed by atoms with Crippen LogP contribution in [-0.2, 0) is 6.42 Å². The van der Waals surface area contributed by atoms with Gasteiger partial charge < -0.3 is 15.6 Å². The van der Waals surface area contributed by atoms with E-state index >= 15 is 0 Å². The minimum Gasteiger partial charge on any atom is -0.358 e. The van der Waals surface area contributed by atoms with Crippen LogP contribution in [0.15, 0.2) is 24.3 Å². The van der Waals surface area contributed by atoms with Crippen LogP contribution in [0.2, 0.25) is 0 Å². The fraction of sp³-hybridized carbons (Fsp3) is 0.471. The zero-order chi connectivity index (χ0) is 14.7. The average Bonchev–Trinajstić information content (AvgIpc) is 3.07. The van der Waals surface area contributed by atoms with E-state index in [4.69, 9.17) is 0 Å². The van der Waals surface area contributed by atoms with E-state index in [-0.39, 0.29) is 6.03 Å². The highest BCUT2D eigenvalue weighted by atomic mass is 16.2. The first-order chi connectivity index (χ1) is 10.2. The van der Waals surface area contributed by atoms with Crippen LogP contribution in [0.25, 0.3) is 10.9 Å². The Morgan fingerprint density at radius 1 is 1.29 bits per heavy atom. The van der Waals surface area contributed by atoms with Crippen molar-refractivity contribution in [2.45, 2.75) is 45.1 Å². The van der Waals surface area contributed by atoms with Gasteiger partial charge in [-0.15, -0.1) is 0 Å². The number of carbonyl (C=O) groups excluding carboxylic acids is 1. The number of aromatic nitrogens is 1. The van der Waals surface area contributed by atoms with Crippen LogP contribution < -0.4 is 10.6 Å². The molecule has 112 valence electrons. The number of nitrogens with one attached hydrogen (secondary N) is 3. The third-order valence-electron chi connectivity index (χ3n) is 4.38. The summed E-state index contributed by atoms with van der Waals surface area (Å²) in [5.41, 5.74) is 3.65. The summed E-state index contributed by atoms with van der Waals surface area (Å²) in [6.07, 6.45) is 5.57. The molecule has 1 saturated carbocycles. The van der Waals surface area contributed by atoms with Crippen molar-refractivity contribution in [2.75, 3.05) is 6.54 Å². The number of rotatable bonds is 4. The summed E-state index contributed by atoms with van der Waals surface area (Å²) < 4.78 is 0. The number of benzene rings is 1. The van der Waals surface area contributed by atoms with Crippen LogP contribution in [0, 0.1) is 6.92 Å². The summed E-state index contributed by atoms with van der Waals surface area (Å²) >= 11 is 0. The van der Waals surface area contributed by atoms with Crippen molar-refractivity contribution >= 4 is 16.9 Å². The molecule has 0 spiro atoms. The lowest BCUT2D eigenvalue weighted by Gasteiger charge is -2.13. The normalized spacial score (nSPS) is 15.5. The fourth-order valence-corrected chi connectivity index (χ4v) is 3.26. The van der Waals surface area contributed by atoms with Crippen molar-refractivity contribution < 1.29 is 4.79 Å². The SMILES string of the molecule is Cc1[nH]c2ccccc2c1CCNC(=O)NC1CCCC1. The minimum absolute atomic E-state index is 0.0283. The van der Waals surface area contributed by atoms with Gasteiger partial charge in [-0.05, 0) is 37.8 Å². The molecule has 2 aromatic rings. The topological polar surface area (TPSA) is 56.9 Å². The molecule has 0 aliphatic heterocycles. The second-order valence-electron chi connectivity index (χ2n) is 5.91. The van der Waals surface area contributed by atoms with E-state index in [9.17, 15) is 4.79 Å². The standard InChI is InChI=1S/C17H23N3O/c1-12-14(15-8-4-5-9-16(15)19-12)10-11-18-17(21)20-13-6-2-3-7-13/h4-5,8-9,13,19H,2-3,6-7,10-11H2,1H3,(H2,18,20,21). The van der Waals surface area contributed by atoms with E-state index in [1.54, 1.807) is 0 Å². The average molecular weight is 285 g/mol. The Morgan fingerprint density at radius 2 is 2.05 bits per heavy atom. The van der Waals surface area contributed by atoms with Gasteiger partial charge in [0.2, 0.25) is 0 Å². The molecule has 1 aromatic heterocycles. The first-order valence-electron chi connectivity index (χ1n) is 7.84. The summed E-state index contributed by atoms with van der Waals surface area (Å²) in [6.45, 7) is 2.76. The number of amides is 2. The summed E-state index contributed by atoms with van der Waals surface area (Å²) in [5, 5.41) is 7.29. The number of urea groups is 1. The summed E-state index contributed by atoms with van der Waals surface area (Å²) in [5.74, 6) is 0. The highest BCUT2D eigenvalue weighted by Crippen LogP contribution is 2.22. The number of carbonyl (C=O) groups is 1. The Morgan fingerprint density at radius 3 is 2.86 bits per heavy atom. The Labute approximate surface area is 125 Å². The number of aromatic amines is 1. The molecule has 0 unspecified atom stereocenters. The van der Waals surface area contributed by atoms with Crippen LogP contribution in [0.3, 0.4) is 0 Å². The third kappa shape index (κ3) is 3.20. The maximum Gasteiger partial charge on any atom is 0.315 e. The van der Waals surface area contributed by atoms with Gasteiger partial charge in [0.05, 0.1) is 0 Å². The molecule has 0 radical (unpaired) electrons. The Balaban J connectivity index is 1.54. The van der Waals surface area contributed by atoms with Crippen molar-refractivity contribution in [1.29, 1.82) is 0 Å². The Kier molecular flexibility index (Phi) is 4.13. The van der Waals surface area contributed by atoms with Gasteiger partial charge in [0, 0.05) is 29.2 Å². The predicted octanol–water partition coefficient (Wildman–Crippen LogP) is 3.26. The zero-order valence-electron chi connectivity index (χ0n) is 12.5. The Bertz CT molecular complexity index is 626. The van der Waals surface area contributed by atoms with Crippen LogP contribution >= 0.6 is 0 Å². The quantitative estimate of drug-likeness (QED) is 0.793. The molecule has 0 bridgehead atoms. The number of hydrogen-bond acceptors (Lipinski definition) is 1. The second kappa shape index (κ2) is 6.20. The van der Waals surface area contributed by atoms with Gasteiger partial charge in [0.25, 0.3) is 0 Å². The zero-order valence-corrected chi connectivity index (χ0v) is 12.5. The van der Waals surface area contributed by atoms with Gasteiger partial charge in [-0.1, -0.05) is 31.0 Å². The van der Waals surface area contributed by atoms with E-state index in [0.29, 0.717) is 12.6 Å². The molecule has 0 atom stereocenters. The smallest absolute Gasteiger partial charge is 0.315 e. The lowest BCUT2D eigenvalue weighted by molar-refractivity contribution is 0.237. The van der Waals surface area contributed by atoms with Crippen molar-refractivity contribution in [3.63, 3.8) is 0 Å². The lowest BCUT2D eigenvalue weighted by Crippen LogP contribution is -2.41. The van der Waals surface area contributed by atoms with E-state index < -0.39 is 0 Å². The third-order valence-corrected chi connectivity index (χ3v) is 4.38. The maximum atomic E-state index is 11.8. The van der Waals surface area contributed by atoms with E-state index in [1.165, 1.54) is 35.0 Å². The molecule has 1 aliphatic rings. The number of H-pyrrole nitrogens is 1. The second-order valence-corrected chi connectivity index (χ2v) is 5.91. The lowest BCUT2D eigenvalue weighted by atomic mass is 10.1. The van der Waals surface area contributed by atoms with E-state index in [2.05, 4.69) is 40.7 Å². The summed E-state index contributed by atoms with van der Waals surface area (Å²) in [4.78, 5) is 15.2. The molecule has 4 heteroatoms. The van der Waals surface area contributed by atoms with Gasteiger partial charge in [-0.25, -0.2) is 4.79 Å². The van der Waals surface area contributed by atoms with Crippen molar-refractivity contribution in [1.82, 2.24) is 15.6 Å². The molecule has 1 aliphatic carbocycles. The monoisotopic (exact) mass is 285 g/mol. The van der Waals surface area contributed by atoms with Gasteiger partial charge in [-0.3, -0.25) is 0 Å². The van der Waals surface area contributed by atoms with Crippen molar-refractivity contribution in [3.05, 3.63) is 35.5 Å². The molecule has 3 rings (SSSR count). The maximum absolute atomic E-state index is 11.8. The molecule has 21 heavy (non-hydrogen) atoms. The van der Waals surface area contributed by atoms with Crippen molar-refractivity contribution in [3.8, 4) is 0 Å². The van der Waals surface area contributed by atoms with Crippen LogP contribution in [-0.4, -0.2) is 23.6 Å². The molecule has 1 fully saturated rings. The number of para-hydroxylation sites is 1. The number of aryl methyl sites for hydroxylation is 1. The summed E-state index contributed by atoms with van der Waals surface area (Å²) in [6, 6.07) is 8.66. The highest BCUT2D eigenvalue weighted by Gasteiger charge is 2.16. The largest absolute Gasteiger partial charge is 0.358 e. The molecule has 0 saturated heterocycles. The molecule has 3 N–H and O–H groups in total. The number of fused-ring (bicyclic) bond motifs is 1. The van der Waals surface area contributed by atoms with E-state index in [0.717, 1.165) is 19.3 Å². The van der Waals surface area contributed by atoms with Gasteiger partial charge in [0.15, 0.2) is 0 Å². The first-order valence-corrected chi connectivity index (χ1v) is 7.84. The minimum atomic E-state index is -0.0283. The summed E-state index contributed by atoms with van der Waals surface area (Å²) in [7, 11) is 0. The Hall–Kier alpha value is -1.97. The van der Waals surface area contributed by atoms with Gasteiger partial charge in [0.1, 0.15) is 0 Å². The molecule has 1 heterocycles. The van der Waals surface area contributed by atoms with Crippen LogP contribution in [0.5, 0.6) is 0 Å². The van der Waals surface area contributed by atoms with Gasteiger partial charge in [-0.2, -0.15) is 0 Å². The molecule has 2 amide bonds. The predicted molar refractivity (Wildman–Crippen MR) is 85.5 cm³/mol. The molecule has 4 nitrogen and oxygen atoms in total. The molecule has 1 aromatic carbocycles.